The number of halogens is 1. The Balaban J connectivity index is 2.15. The van der Waals surface area contributed by atoms with Crippen molar-refractivity contribution in [3.63, 3.8) is 0 Å². The summed E-state index contributed by atoms with van der Waals surface area (Å²) < 4.78 is 0. The fourth-order valence-electron chi connectivity index (χ4n) is 2.75. The molecule has 0 aromatic heterocycles. The summed E-state index contributed by atoms with van der Waals surface area (Å²) in [7, 11) is 0. The summed E-state index contributed by atoms with van der Waals surface area (Å²) in [6.07, 6.45) is 0. The molecular formula is C15H24ClN3. The molecule has 1 fully saturated rings. The third-order valence-electron chi connectivity index (χ3n) is 4.01. The van der Waals surface area contributed by atoms with E-state index in [4.69, 9.17) is 17.3 Å². The minimum Gasteiger partial charge on any atom is -0.367 e. The molecule has 1 aromatic carbocycles. The molecule has 2 unspecified atom stereocenters. The van der Waals surface area contributed by atoms with Crippen LogP contribution in [0.2, 0.25) is 5.02 Å². The molecule has 3 nitrogen and oxygen atoms in total. The summed E-state index contributed by atoms with van der Waals surface area (Å²) in [5, 5.41) is 0.812. The first-order valence-electron chi connectivity index (χ1n) is 7.07. The van der Waals surface area contributed by atoms with E-state index in [1.807, 2.05) is 13.0 Å². The largest absolute Gasteiger partial charge is 0.367 e. The van der Waals surface area contributed by atoms with E-state index in [-0.39, 0.29) is 6.04 Å². The van der Waals surface area contributed by atoms with E-state index in [2.05, 4.69) is 35.8 Å². The van der Waals surface area contributed by atoms with Gasteiger partial charge < -0.3 is 10.6 Å². The number of rotatable bonds is 3. The number of nitrogens with two attached hydrogens (primary N) is 1. The Labute approximate surface area is 121 Å². The Hall–Kier alpha value is -0.770. The maximum Gasteiger partial charge on any atom is 0.0642 e. The first-order valence-corrected chi connectivity index (χ1v) is 7.44. The predicted octanol–water partition coefficient (Wildman–Crippen LogP) is 2.89. The summed E-state index contributed by atoms with van der Waals surface area (Å²) in [6, 6.07) is 6.79. The highest BCUT2D eigenvalue weighted by atomic mass is 35.5. The van der Waals surface area contributed by atoms with E-state index in [0.717, 1.165) is 42.5 Å². The second-order valence-electron chi connectivity index (χ2n) is 5.42. The number of piperazine rings is 1. The van der Waals surface area contributed by atoms with Gasteiger partial charge in [-0.2, -0.15) is 0 Å². The standard InChI is InChI=1S/C15H24ClN3/c1-4-18-7-8-19(10-11(18)2)15-6-5-13(12(3)17)9-14(15)16/h5-6,9,11-12H,4,7-8,10,17H2,1-3H3. The zero-order valence-electron chi connectivity index (χ0n) is 12.1. The van der Waals surface area contributed by atoms with Gasteiger partial charge in [-0.05, 0) is 38.1 Å². The molecule has 106 valence electrons. The van der Waals surface area contributed by atoms with Gasteiger partial charge in [0.15, 0.2) is 0 Å². The Bertz CT molecular complexity index is 433. The fraction of sp³-hybridized carbons (Fsp3) is 0.600. The van der Waals surface area contributed by atoms with Gasteiger partial charge in [-0.3, -0.25) is 4.90 Å². The number of hydrogen-bond donors (Lipinski definition) is 1. The molecule has 0 amide bonds. The maximum atomic E-state index is 6.41. The first kappa shape index (κ1) is 14.6. The van der Waals surface area contributed by atoms with Crippen molar-refractivity contribution in [2.45, 2.75) is 32.9 Å². The van der Waals surface area contributed by atoms with Gasteiger partial charge in [0.1, 0.15) is 0 Å². The quantitative estimate of drug-likeness (QED) is 0.925. The third kappa shape index (κ3) is 3.22. The molecule has 0 aliphatic carbocycles. The van der Waals surface area contributed by atoms with Crippen LogP contribution < -0.4 is 10.6 Å². The topological polar surface area (TPSA) is 32.5 Å². The lowest BCUT2D eigenvalue weighted by Crippen LogP contribution is -2.51. The number of benzene rings is 1. The minimum absolute atomic E-state index is 0.0300. The van der Waals surface area contributed by atoms with Crippen LogP contribution in [0.1, 0.15) is 32.4 Å². The summed E-state index contributed by atoms with van der Waals surface area (Å²) >= 11 is 6.41. The van der Waals surface area contributed by atoms with Crippen molar-refractivity contribution < 1.29 is 0 Å². The van der Waals surface area contributed by atoms with Crippen molar-refractivity contribution >= 4 is 17.3 Å². The SMILES string of the molecule is CCN1CCN(c2ccc(C(C)N)cc2Cl)CC1C. The average molecular weight is 282 g/mol. The lowest BCUT2D eigenvalue weighted by molar-refractivity contribution is 0.199. The van der Waals surface area contributed by atoms with Crippen LogP contribution in [0.3, 0.4) is 0 Å². The molecule has 0 saturated carbocycles. The van der Waals surface area contributed by atoms with Gasteiger partial charge in [-0.1, -0.05) is 24.6 Å². The first-order chi connectivity index (χ1) is 9.02. The zero-order valence-corrected chi connectivity index (χ0v) is 12.8. The average Bonchev–Trinajstić information content (AvgIpc) is 2.38. The van der Waals surface area contributed by atoms with E-state index < -0.39 is 0 Å². The normalized spacial score (nSPS) is 22.6. The Kier molecular flexibility index (Phi) is 4.71. The van der Waals surface area contributed by atoms with Gasteiger partial charge in [-0.25, -0.2) is 0 Å². The van der Waals surface area contributed by atoms with Crippen molar-refractivity contribution in [1.82, 2.24) is 4.90 Å². The van der Waals surface area contributed by atoms with Crippen LogP contribution in [0.25, 0.3) is 0 Å². The molecule has 1 aliphatic rings. The summed E-state index contributed by atoms with van der Waals surface area (Å²) in [6.45, 7) is 10.8. The molecule has 0 spiro atoms. The molecule has 19 heavy (non-hydrogen) atoms. The zero-order chi connectivity index (χ0) is 14.0. The second kappa shape index (κ2) is 6.12. The van der Waals surface area contributed by atoms with Gasteiger partial charge in [0.05, 0.1) is 10.7 Å². The van der Waals surface area contributed by atoms with E-state index in [9.17, 15) is 0 Å². The van der Waals surface area contributed by atoms with Crippen LogP contribution in [0, 0.1) is 0 Å². The molecule has 2 atom stereocenters. The molecule has 1 heterocycles. The van der Waals surface area contributed by atoms with Crippen LogP contribution in [0.15, 0.2) is 18.2 Å². The van der Waals surface area contributed by atoms with Gasteiger partial charge in [0, 0.05) is 31.7 Å². The Morgan fingerprint density at radius 2 is 2.16 bits per heavy atom. The van der Waals surface area contributed by atoms with Gasteiger partial charge in [0.25, 0.3) is 0 Å². The predicted molar refractivity (Wildman–Crippen MR) is 83.0 cm³/mol. The van der Waals surface area contributed by atoms with Crippen molar-refractivity contribution in [3.8, 4) is 0 Å². The van der Waals surface area contributed by atoms with Crippen molar-refractivity contribution in [3.05, 3.63) is 28.8 Å². The highest BCUT2D eigenvalue weighted by Gasteiger charge is 2.23. The van der Waals surface area contributed by atoms with Gasteiger partial charge in [0.2, 0.25) is 0 Å². The molecule has 1 aliphatic heterocycles. The Morgan fingerprint density at radius 1 is 1.42 bits per heavy atom. The lowest BCUT2D eigenvalue weighted by Gasteiger charge is -2.40. The second-order valence-corrected chi connectivity index (χ2v) is 5.83. The molecular weight excluding hydrogens is 258 g/mol. The summed E-state index contributed by atoms with van der Waals surface area (Å²) in [5.74, 6) is 0. The van der Waals surface area contributed by atoms with Crippen LogP contribution >= 0.6 is 11.6 Å². The molecule has 4 heteroatoms. The van der Waals surface area contributed by atoms with Crippen LogP contribution in [-0.2, 0) is 0 Å². The van der Waals surface area contributed by atoms with E-state index >= 15 is 0 Å². The van der Waals surface area contributed by atoms with Crippen LogP contribution in [0.5, 0.6) is 0 Å². The van der Waals surface area contributed by atoms with E-state index in [0.29, 0.717) is 6.04 Å². The fourth-order valence-corrected chi connectivity index (χ4v) is 3.06. The van der Waals surface area contributed by atoms with Crippen molar-refractivity contribution in [2.75, 3.05) is 31.1 Å². The van der Waals surface area contributed by atoms with Crippen molar-refractivity contribution in [1.29, 1.82) is 0 Å². The summed E-state index contributed by atoms with van der Waals surface area (Å²) in [4.78, 5) is 4.88. The molecule has 2 N–H and O–H groups in total. The number of hydrogen-bond acceptors (Lipinski definition) is 3. The van der Waals surface area contributed by atoms with E-state index in [1.165, 1.54) is 0 Å². The van der Waals surface area contributed by atoms with Crippen LogP contribution in [0.4, 0.5) is 5.69 Å². The van der Waals surface area contributed by atoms with E-state index in [1.54, 1.807) is 0 Å². The van der Waals surface area contributed by atoms with Gasteiger partial charge >= 0.3 is 0 Å². The minimum atomic E-state index is 0.0300. The number of anilines is 1. The highest BCUT2D eigenvalue weighted by molar-refractivity contribution is 6.33. The molecule has 0 radical (unpaired) electrons. The monoisotopic (exact) mass is 281 g/mol. The molecule has 2 rings (SSSR count). The van der Waals surface area contributed by atoms with Gasteiger partial charge in [-0.15, -0.1) is 0 Å². The smallest absolute Gasteiger partial charge is 0.0642 e. The van der Waals surface area contributed by atoms with Crippen molar-refractivity contribution in [2.24, 2.45) is 5.73 Å². The molecule has 1 aromatic rings. The number of likely N-dealkylation sites (N-methyl/N-ethyl adjacent to an activating group) is 1. The lowest BCUT2D eigenvalue weighted by atomic mass is 10.1. The summed E-state index contributed by atoms with van der Waals surface area (Å²) in [5.41, 5.74) is 8.12. The highest BCUT2D eigenvalue weighted by Crippen LogP contribution is 2.30. The Morgan fingerprint density at radius 3 is 2.68 bits per heavy atom. The molecule has 1 saturated heterocycles. The molecule has 0 bridgehead atoms. The third-order valence-corrected chi connectivity index (χ3v) is 4.31. The number of nitrogens with zero attached hydrogens (tertiary/aromatic N) is 2. The van der Waals surface area contributed by atoms with Crippen LogP contribution in [-0.4, -0.2) is 37.1 Å². The maximum absolute atomic E-state index is 6.41.